The number of allylic oxidation sites excluding steroid dienone is 2. The second-order valence-corrected chi connectivity index (χ2v) is 10.4. The number of phosphoric acid groups is 2. The fraction of sp³-hybridized carbons (Fsp3) is 0.875. The fourth-order valence-electron chi connectivity index (χ4n) is 3.69. The lowest BCUT2D eigenvalue weighted by Crippen LogP contribution is -2.26. The third-order valence-electron chi connectivity index (χ3n) is 6.12. The van der Waals surface area contributed by atoms with Crippen LogP contribution in [0.5, 0.6) is 0 Å². The molecular weight excluding hydrogens is 366 g/mol. The minimum atomic E-state index is -5.06. The molecule has 1 aliphatic carbocycles. The molecule has 5 atom stereocenters. The fourth-order valence-corrected chi connectivity index (χ4v) is 5.29. The molecule has 148 valence electrons. The summed E-state index contributed by atoms with van der Waals surface area (Å²) in [5.41, 5.74) is 3.10. The van der Waals surface area contributed by atoms with Gasteiger partial charge in [-0.25, -0.2) is 9.13 Å². The first kappa shape index (κ1) is 23.0. The summed E-state index contributed by atoms with van der Waals surface area (Å²) in [5, 5.41) is 0. The monoisotopic (exact) mass is 398 g/mol. The molecule has 0 aliphatic heterocycles. The zero-order valence-corrected chi connectivity index (χ0v) is 17.7. The highest BCUT2D eigenvalue weighted by Gasteiger charge is 2.42. The van der Waals surface area contributed by atoms with Crippen LogP contribution in [0.1, 0.15) is 60.8 Å². The molecule has 2 unspecified atom stereocenters. The van der Waals surface area contributed by atoms with Gasteiger partial charge in [0.15, 0.2) is 0 Å². The van der Waals surface area contributed by atoms with E-state index in [1.54, 1.807) is 0 Å². The molecule has 0 radical (unpaired) electrons. The minimum absolute atomic E-state index is 0.0918. The largest absolute Gasteiger partial charge is 0.481 e. The zero-order valence-electron chi connectivity index (χ0n) is 15.9. The topological polar surface area (TPSA) is 113 Å². The SMILES string of the molecule is CC1=C(C)[C@@](C)(CCC(C)CCOP(=O)(O)OP(=O)(O)O)[C@H](C)[C@H]1C. The molecule has 0 spiro atoms. The first-order chi connectivity index (χ1) is 11.2. The van der Waals surface area contributed by atoms with Crippen LogP contribution in [-0.4, -0.2) is 21.3 Å². The summed E-state index contributed by atoms with van der Waals surface area (Å²) >= 11 is 0. The standard InChI is InChI=1S/C16H32O7P2/c1-11(8-10-22-25(20,21)23-24(17,18)19)7-9-16(6)14(4)12(2)13(3)15(16)5/h11-12,14H,7-10H2,1-6H3,(H,20,21)(H2,17,18,19)/t11?,12-,14+,16-/m0/s1. The normalized spacial score (nSPS) is 31.2. The van der Waals surface area contributed by atoms with E-state index in [-0.39, 0.29) is 17.9 Å². The lowest BCUT2D eigenvalue weighted by Gasteiger charge is -2.34. The molecule has 1 rings (SSSR count). The molecule has 3 N–H and O–H groups in total. The van der Waals surface area contributed by atoms with E-state index in [0.717, 1.165) is 12.8 Å². The molecule has 0 aromatic heterocycles. The van der Waals surface area contributed by atoms with Gasteiger partial charge in [0.1, 0.15) is 0 Å². The molecule has 9 heteroatoms. The third kappa shape index (κ3) is 6.28. The minimum Gasteiger partial charge on any atom is -0.302 e. The second-order valence-electron chi connectivity index (χ2n) is 7.61. The van der Waals surface area contributed by atoms with Crippen molar-refractivity contribution < 1.29 is 32.6 Å². The summed E-state index contributed by atoms with van der Waals surface area (Å²) < 4.78 is 30.4. The Bertz CT molecular complexity index is 597. The van der Waals surface area contributed by atoms with Crippen LogP contribution in [0.25, 0.3) is 0 Å². The first-order valence-electron chi connectivity index (χ1n) is 8.61. The lowest BCUT2D eigenvalue weighted by atomic mass is 9.70. The average Bonchev–Trinajstić information content (AvgIpc) is 2.59. The summed E-state index contributed by atoms with van der Waals surface area (Å²) in [6, 6.07) is 0. The number of hydrogen-bond donors (Lipinski definition) is 3. The average molecular weight is 398 g/mol. The number of hydrogen-bond acceptors (Lipinski definition) is 4. The highest BCUT2D eigenvalue weighted by molar-refractivity contribution is 7.60. The second kappa shape index (κ2) is 8.35. The number of phosphoric ester groups is 1. The van der Waals surface area contributed by atoms with Crippen molar-refractivity contribution >= 4 is 15.6 Å². The molecule has 7 nitrogen and oxygen atoms in total. The maximum Gasteiger partial charge on any atom is 0.481 e. The molecule has 0 heterocycles. The Morgan fingerprint density at radius 3 is 2.16 bits per heavy atom. The first-order valence-corrected chi connectivity index (χ1v) is 11.6. The Kier molecular flexibility index (Phi) is 7.69. The van der Waals surface area contributed by atoms with Crippen LogP contribution in [0.15, 0.2) is 11.1 Å². The Labute approximate surface area is 150 Å². The van der Waals surface area contributed by atoms with E-state index in [9.17, 15) is 14.0 Å². The molecule has 0 aromatic carbocycles. The van der Waals surface area contributed by atoms with Gasteiger partial charge in [-0.05, 0) is 56.3 Å². The van der Waals surface area contributed by atoms with E-state index >= 15 is 0 Å². The summed E-state index contributed by atoms with van der Waals surface area (Å²) in [5.74, 6) is 1.40. The molecule has 0 saturated heterocycles. The van der Waals surface area contributed by atoms with Gasteiger partial charge in [-0.3, -0.25) is 4.52 Å². The van der Waals surface area contributed by atoms with E-state index < -0.39 is 15.6 Å². The molecule has 1 aliphatic rings. The Morgan fingerprint density at radius 2 is 1.72 bits per heavy atom. The maximum absolute atomic E-state index is 11.4. The number of rotatable bonds is 9. The van der Waals surface area contributed by atoms with Gasteiger partial charge in [-0.2, -0.15) is 4.31 Å². The van der Waals surface area contributed by atoms with Crippen molar-refractivity contribution in [2.24, 2.45) is 23.2 Å². The molecule has 0 bridgehead atoms. The Balaban J connectivity index is 2.47. The summed E-state index contributed by atoms with van der Waals surface area (Å²) in [4.78, 5) is 26.4. The van der Waals surface area contributed by atoms with E-state index in [2.05, 4.69) is 43.5 Å². The summed E-state index contributed by atoms with van der Waals surface area (Å²) in [6.07, 6.45) is 2.48. The zero-order chi connectivity index (χ0) is 19.6. The van der Waals surface area contributed by atoms with Crippen LogP contribution in [0.3, 0.4) is 0 Å². The van der Waals surface area contributed by atoms with Crippen molar-refractivity contribution in [3.05, 3.63) is 11.1 Å². The van der Waals surface area contributed by atoms with E-state index in [1.807, 2.05) is 6.92 Å². The van der Waals surface area contributed by atoms with Crippen molar-refractivity contribution in [1.29, 1.82) is 0 Å². The van der Waals surface area contributed by atoms with E-state index in [1.165, 1.54) is 11.1 Å². The predicted molar refractivity (Wildman–Crippen MR) is 96.7 cm³/mol. The van der Waals surface area contributed by atoms with Gasteiger partial charge >= 0.3 is 15.6 Å². The van der Waals surface area contributed by atoms with Gasteiger partial charge < -0.3 is 14.7 Å². The van der Waals surface area contributed by atoms with Gasteiger partial charge in [0.05, 0.1) is 6.61 Å². The van der Waals surface area contributed by atoms with Gasteiger partial charge in [-0.15, -0.1) is 0 Å². The van der Waals surface area contributed by atoms with E-state index in [0.29, 0.717) is 18.3 Å². The predicted octanol–water partition coefficient (Wildman–Crippen LogP) is 4.65. The van der Waals surface area contributed by atoms with Gasteiger partial charge in [0, 0.05) is 0 Å². The maximum atomic E-state index is 11.4. The van der Waals surface area contributed by atoms with Gasteiger partial charge in [-0.1, -0.05) is 38.8 Å². The van der Waals surface area contributed by atoms with Gasteiger partial charge in [0.25, 0.3) is 0 Å². The molecule has 0 fully saturated rings. The van der Waals surface area contributed by atoms with E-state index in [4.69, 9.17) is 9.79 Å². The van der Waals surface area contributed by atoms with Crippen LogP contribution in [0, 0.1) is 23.2 Å². The van der Waals surface area contributed by atoms with Crippen LogP contribution in [0.2, 0.25) is 0 Å². The molecule has 0 amide bonds. The van der Waals surface area contributed by atoms with Crippen molar-refractivity contribution in [1.82, 2.24) is 0 Å². The summed E-state index contributed by atoms with van der Waals surface area (Å²) in [6.45, 7) is 13.2. The van der Waals surface area contributed by atoms with Crippen molar-refractivity contribution in [2.75, 3.05) is 6.61 Å². The highest BCUT2D eigenvalue weighted by atomic mass is 31.3. The quantitative estimate of drug-likeness (QED) is 0.383. The Hall–Kier alpha value is -0.0000000000000000416. The highest BCUT2D eigenvalue weighted by Crippen LogP contribution is 2.57. The Morgan fingerprint density at radius 1 is 1.16 bits per heavy atom. The third-order valence-corrected chi connectivity index (χ3v) is 8.30. The smallest absolute Gasteiger partial charge is 0.302 e. The van der Waals surface area contributed by atoms with Crippen LogP contribution in [0.4, 0.5) is 0 Å². The van der Waals surface area contributed by atoms with Gasteiger partial charge in [0.2, 0.25) is 0 Å². The van der Waals surface area contributed by atoms with Crippen LogP contribution >= 0.6 is 15.6 Å². The molecule has 0 aromatic rings. The summed E-state index contributed by atoms with van der Waals surface area (Å²) in [7, 11) is -9.79. The van der Waals surface area contributed by atoms with Crippen molar-refractivity contribution in [3.63, 3.8) is 0 Å². The van der Waals surface area contributed by atoms with Crippen LogP contribution in [-0.2, 0) is 18.0 Å². The lowest BCUT2D eigenvalue weighted by molar-refractivity contribution is 0.163. The molecule has 25 heavy (non-hydrogen) atoms. The van der Waals surface area contributed by atoms with Crippen molar-refractivity contribution in [3.8, 4) is 0 Å². The van der Waals surface area contributed by atoms with Crippen LogP contribution < -0.4 is 0 Å². The molecule has 0 saturated carbocycles. The van der Waals surface area contributed by atoms with Crippen molar-refractivity contribution in [2.45, 2.75) is 60.8 Å². The molecular formula is C16H32O7P2.